The summed E-state index contributed by atoms with van der Waals surface area (Å²) in [5.74, 6) is 0. The molecule has 0 aliphatic rings. The van der Waals surface area contributed by atoms with Crippen LogP contribution in [0.1, 0.15) is 0 Å². The number of hydrogen-bond acceptors (Lipinski definition) is 3. The van der Waals surface area contributed by atoms with Crippen molar-refractivity contribution in [1.82, 2.24) is 0 Å². The second-order valence-corrected chi connectivity index (χ2v) is 17.6. The van der Waals surface area contributed by atoms with Crippen molar-refractivity contribution in [1.29, 1.82) is 0 Å². The van der Waals surface area contributed by atoms with Gasteiger partial charge in [-0.3, -0.25) is 0 Å². The molecule has 324 valence electrons. The third kappa shape index (κ3) is 7.08. The van der Waals surface area contributed by atoms with Gasteiger partial charge < -0.3 is 14.2 Å². The molecule has 12 aromatic carbocycles. The average molecular weight is 881 g/mol. The van der Waals surface area contributed by atoms with E-state index in [0.717, 1.165) is 72.4 Å². The largest absolute Gasteiger partial charge is 0.456 e. The summed E-state index contributed by atoms with van der Waals surface area (Å²) in [6.45, 7) is 0. The second-order valence-electron chi connectivity index (χ2n) is 17.6. The van der Waals surface area contributed by atoms with Crippen LogP contribution in [-0.4, -0.2) is 0 Å². The molecule has 13 rings (SSSR count). The SMILES string of the molecule is c1ccc(-c2ccc(N(c3ccc(-c4ccccc4)cc3)c3ccc(-c4ccc(N(c5ccccc5)c5cc6oc7ccc8ccccc8c7c6c6ccccc56)cc4)c4ccccc34)cc2)cc1. The molecule has 3 heteroatoms. The summed E-state index contributed by atoms with van der Waals surface area (Å²) < 4.78 is 6.75. The first-order chi connectivity index (χ1) is 34.2. The molecule has 0 saturated carbocycles. The Balaban J connectivity index is 0.923. The van der Waals surface area contributed by atoms with Gasteiger partial charge in [0.2, 0.25) is 0 Å². The Morgan fingerprint density at radius 1 is 0.246 bits per heavy atom. The molecule has 0 bridgehead atoms. The lowest BCUT2D eigenvalue weighted by Crippen LogP contribution is -2.11. The lowest BCUT2D eigenvalue weighted by molar-refractivity contribution is 0.669. The van der Waals surface area contributed by atoms with Crippen molar-refractivity contribution >= 4 is 88.4 Å². The van der Waals surface area contributed by atoms with Gasteiger partial charge in [-0.2, -0.15) is 0 Å². The highest BCUT2D eigenvalue weighted by atomic mass is 16.3. The van der Waals surface area contributed by atoms with Gasteiger partial charge in [0.05, 0.1) is 11.4 Å². The van der Waals surface area contributed by atoms with E-state index in [1.807, 2.05) is 0 Å². The van der Waals surface area contributed by atoms with E-state index in [1.54, 1.807) is 0 Å². The quantitative estimate of drug-likeness (QED) is 0.144. The van der Waals surface area contributed by atoms with Crippen LogP contribution in [0.5, 0.6) is 0 Å². The van der Waals surface area contributed by atoms with Gasteiger partial charge in [0, 0.05) is 50.4 Å². The molecule has 0 amide bonds. The molecular weight excluding hydrogens is 837 g/mol. The maximum Gasteiger partial charge on any atom is 0.138 e. The Morgan fingerprint density at radius 3 is 1.26 bits per heavy atom. The molecule has 0 radical (unpaired) electrons. The van der Waals surface area contributed by atoms with Gasteiger partial charge in [-0.15, -0.1) is 0 Å². The third-order valence-corrected chi connectivity index (χ3v) is 13.6. The fourth-order valence-corrected chi connectivity index (χ4v) is 10.4. The summed E-state index contributed by atoms with van der Waals surface area (Å²) in [4.78, 5) is 4.75. The summed E-state index contributed by atoms with van der Waals surface area (Å²) in [5.41, 5.74) is 15.3. The molecular formula is C66H44N2O. The van der Waals surface area contributed by atoms with Crippen LogP contribution in [0.25, 0.3) is 87.6 Å². The molecule has 1 aromatic heterocycles. The van der Waals surface area contributed by atoms with Gasteiger partial charge in [-0.05, 0) is 116 Å². The number of para-hydroxylation sites is 1. The molecule has 0 fully saturated rings. The van der Waals surface area contributed by atoms with E-state index < -0.39 is 0 Å². The molecule has 1 heterocycles. The summed E-state index contributed by atoms with van der Waals surface area (Å²) >= 11 is 0. The lowest BCUT2D eigenvalue weighted by Gasteiger charge is -2.28. The van der Waals surface area contributed by atoms with E-state index in [0.29, 0.717) is 0 Å². The first-order valence-corrected chi connectivity index (χ1v) is 23.6. The van der Waals surface area contributed by atoms with Crippen LogP contribution in [-0.2, 0) is 0 Å². The summed E-state index contributed by atoms with van der Waals surface area (Å²) in [7, 11) is 0. The summed E-state index contributed by atoms with van der Waals surface area (Å²) in [5, 5.41) is 9.38. The van der Waals surface area contributed by atoms with Crippen LogP contribution in [0.3, 0.4) is 0 Å². The number of anilines is 6. The van der Waals surface area contributed by atoms with Gasteiger partial charge in [0.15, 0.2) is 0 Å². The van der Waals surface area contributed by atoms with Crippen molar-refractivity contribution < 1.29 is 4.42 Å². The van der Waals surface area contributed by atoms with Crippen molar-refractivity contribution in [3.05, 3.63) is 267 Å². The monoisotopic (exact) mass is 880 g/mol. The van der Waals surface area contributed by atoms with E-state index in [1.165, 1.54) is 49.4 Å². The third-order valence-electron chi connectivity index (χ3n) is 13.6. The van der Waals surface area contributed by atoms with Crippen LogP contribution in [0, 0.1) is 0 Å². The molecule has 69 heavy (non-hydrogen) atoms. The van der Waals surface area contributed by atoms with Gasteiger partial charge >= 0.3 is 0 Å². The molecule has 0 aliphatic heterocycles. The molecule has 0 atom stereocenters. The van der Waals surface area contributed by atoms with E-state index in [2.05, 4.69) is 277 Å². The Hall–Kier alpha value is -9.18. The number of hydrogen-bond donors (Lipinski definition) is 0. The Labute approximate surface area is 401 Å². The van der Waals surface area contributed by atoms with Crippen molar-refractivity contribution in [2.24, 2.45) is 0 Å². The highest BCUT2D eigenvalue weighted by Gasteiger charge is 2.22. The maximum atomic E-state index is 6.75. The second kappa shape index (κ2) is 16.9. The van der Waals surface area contributed by atoms with Crippen molar-refractivity contribution in [3.63, 3.8) is 0 Å². The molecule has 3 nitrogen and oxygen atoms in total. The smallest absolute Gasteiger partial charge is 0.138 e. The predicted molar refractivity (Wildman–Crippen MR) is 292 cm³/mol. The molecule has 0 N–H and O–H groups in total. The minimum absolute atomic E-state index is 0.868. The van der Waals surface area contributed by atoms with E-state index in [9.17, 15) is 0 Å². The van der Waals surface area contributed by atoms with Crippen LogP contribution in [0.2, 0.25) is 0 Å². The summed E-state index contributed by atoms with van der Waals surface area (Å²) in [6, 6.07) is 96.0. The predicted octanol–water partition coefficient (Wildman–Crippen LogP) is 19.0. The van der Waals surface area contributed by atoms with E-state index >= 15 is 0 Å². The normalized spacial score (nSPS) is 11.5. The van der Waals surface area contributed by atoms with Crippen molar-refractivity contribution in [2.45, 2.75) is 0 Å². The van der Waals surface area contributed by atoms with Crippen LogP contribution in [0.4, 0.5) is 34.1 Å². The Bertz CT molecular complexity index is 3890. The molecule has 0 saturated heterocycles. The molecule has 0 spiro atoms. The first-order valence-electron chi connectivity index (χ1n) is 23.6. The van der Waals surface area contributed by atoms with Crippen molar-refractivity contribution in [2.75, 3.05) is 9.80 Å². The number of benzene rings is 12. The molecule has 0 unspecified atom stereocenters. The highest BCUT2D eigenvalue weighted by molar-refractivity contribution is 6.28. The fraction of sp³-hybridized carbons (Fsp3) is 0. The minimum Gasteiger partial charge on any atom is -0.456 e. The fourth-order valence-electron chi connectivity index (χ4n) is 10.4. The van der Waals surface area contributed by atoms with Gasteiger partial charge in [-0.25, -0.2) is 0 Å². The zero-order valence-electron chi connectivity index (χ0n) is 37.7. The Morgan fingerprint density at radius 2 is 0.667 bits per heavy atom. The van der Waals surface area contributed by atoms with Crippen LogP contribution < -0.4 is 9.80 Å². The highest BCUT2D eigenvalue weighted by Crippen LogP contribution is 2.47. The minimum atomic E-state index is 0.868. The molecule has 13 aromatic rings. The van der Waals surface area contributed by atoms with E-state index in [4.69, 9.17) is 4.42 Å². The van der Waals surface area contributed by atoms with Gasteiger partial charge in [0.25, 0.3) is 0 Å². The standard InChI is InChI=1S/C66H44N2O/c1-4-16-45(17-5-1)47-28-35-52(36-29-47)67(53-37-30-48(31-38-53)46-18-6-2-7-19-46)61-42-41-55(57-24-12-13-25-58(57)61)50-32-39-54(40-33-50)68(51-21-8-3-9-22-51)62-44-64-66(60-27-15-14-26-59(60)62)65-56-23-11-10-20-49(56)34-43-63(65)69-64/h1-44H. The molecule has 0 aliphatic carbocycles. The maximum absolute atomic E-state index is 6.75. The summed E-state index contributed by atoms with van der Waals surface area (Å²) in [6.07, 6.45) is 0. The van der Waals surface area contributed by atoms with Gasteiger partial charge in [0.1, 0.15) is 11.2 Å². The topological polar surface area (TPSA) is 19.6 Å². The number of fused-ring (bicyclic) bond motifs is 8. The first kappa shape index (κ1) is 40.1. The van der Waals surface area contributed by atoms with Crippen molar-refractivity contribution in [3.8, 4) is 33.4 Å². The van der Waals surface area contributed by atoms with Crippen LogP contribution >= 0.6 is 0 Å². The van der Waals surface area contributed by atoms with Crippen LogP contribution in [0.15, 0.2) is 271 Å². The number of nitrogens with zero attached hydrogens (tertiary/aromatic N) is 2. The number of rotatable bonds is 9. The Kier molecular flexibility index (Phi) is 9.84. The average Bonchev–Trinajstić information content (AvgIpc) is 3.82. The zero-order valence-corrected chi connectivity index (χ0v) is 37.7. The van der Waals surface area contributed by atoms with Gasteiger partial charge in [-0.1, -0.05) is 200 Å². The lowest BCUT2D eigenvalue weighted by atomic mass is 9.95. The number of furan rings is 1. The van der Waals surface area contributed by atoms with E-state index in [-0.39, 0.29) is 0 Å². The zero-order chi connectivity index (χ0) is 45.7.